The predicted octanol–water partition coefficient (Wildman–Crippen LogP) is 4.67. The number of carboxylic acids is 1. The number of thiazole rings is 1. The van der Waals surface area contributed by atoms with E-state index in [0.29, 0.717) is 41.4 Å². The molecular weight excluding hydrogens is 452 g/mol. The van der Waals surface area contributed by atoms with Crippen LogP contribution in [0.4, 0.5) is 5.13 Å². The fourth-order valence-electron chi connectivity index (χ4n) is 7.92. The van der Waals surface area contributed by atoms with Crippen molar-refractivity contribution in [2.24, 2.45) is 28.6 Å². The van der Waals surface area contributed by atoms with E-state index in [1.807, 2.05) is 11.5 Å². The standard InChI is InChI=1S/C26H34N2O5S/c1-24-10-7-16(29)13-15(24)3-4-17-18(24)8-11-25(2)19(17)9-12-26(25,33)20-14-34-23(27-20)28-21(30)5-6-22(31)32/h13-14,17-19,33H,3-12H2,1-2H3,(H,31,32)(H,27,28,30)/t17-,18+,19+,24+,25+,26+/m1/s1. The van der Waals surface area contributed by atoms with Gasteiger partial charge in [0.1, 0.15) is 5.60 Å². The Morgan fingerprint density at radius 3 is 2.65 bits per heavy atom. The smallest absolute Gasteiger partial charge is 0.303 e. The van der Waals surface area contributed by atoms with Gasteiger partial charge in [0.2, 0.25) is 5.91 Å². The molecule has 0 bridgehead atoms. The van der Waals surface area contributed by atoms with Crippen LogP contribution in [0, 0.1) is 28.6 Å². The topological polar surface area (TPSA) is 117 Å². The van der Waals surface area contributed by atoms with Gasteiger partial charge >= 0.3 is 5.97 Å². The Hall–Kier alpha value is -2.06. The number of nitrogens with one attached hydrogen (secondary N) is 1. The second kappa shape index (κ2) is 8.26. The molecule has 1 aromatic heterocycles. The summed E-state index contributed by atoms with van der Waals surface area (Å²) in [6.45, 7) is 4.59. The summed E-state index contributed by atoms with van der Waals surface area (Å²) >= 11 is 1.28. The minimum absolute atomic E-state index is 0.0990. The van der Waals surface area contributed by atoms with Gasteiger partial charge in [0, 0.05) is 23.6 Å². The van der Waals surface area contributed by atoms with E-state index in [9.17, 15) is 19.5 Å². The zero-order valence-electron chi connectivity index (χ0n) is 19.9. The Morgan fingerprint density at radius 1 is 1.12 bits per heavy atom. The lowest BCUT2D eigenvalue weighted by molar-refractivity contribution is -0.138. The molecule has 7 nitrogen and oxygen atoms in total. The Morgan fingerprint density at radius 2 is 1.88 bits per heavy atom. The zero-order chi connectivity index (χ0) is 24.3. The highest BCUT2D eigenvalue weighted by Gasteiger charge is 2.65. The Balaban J connectivity index is 1.36. The van der Waals surface area contributed by atoms with Crippen molar-refractivity contribution in [1.29, 1.82) is 0 Å². The van der Waals surface area contributed by atoms with Gasteiger partial charge in [0.15, 0.2) is 10.9 Å². The van der Waals surface area contributed by atoms with E-state index in [-0.39, 0.29) is 35.4 Å². The number of allylic oxidation sites excluding steroid dienone is 1. The molecule has 0 saturated heterocycles. The highest BCUT2D eigenvalue weighted by atomic mass is 32.1. The first kappa shape index (κ1) is 23.7. The number of amides is 1. The van der Waals surface area contributed by atoms with Gasteiger partial charge < -0.3 is 15.5 Å². The number of aliphatic carboxylic acids is 1. The van der Waals surface area contributed by atoms with Crippen LogP contribution >= 0.6 is 11.3 Å². The van der Waals surface area contributed by atoms with Crippen molar-refractivity contribution >= 4 is 34.1 Å². The van der Waals surface area contributed by atoms with Crippen molar-refractivity contribution in [3.63, 3.8) is 0 Å². The molecule has 184 valence electrons. The number of carbonyl (C=O) groups excluding carboxylic acids is 2. The molecule has 5 rings (SSSR count). The van der Waals surface area contributed by atoms with Gasteiger partial charge in [-0.1, -0.05) is 19.4 Å². The van der Waals surface area contributed by atoms with Crippen LogP contribution in [-0.2, 0) is 20.0 Å². The number of fused-ring (bicyclic) bond motifs is 5. The normalized spacial score (nSPS) is 39.0. The summed E-state index contributed by atoms with van der Waals surface area (Å²) in [7, 11) is 0. The summed E-state index contributed by atoms with van der Waals surface area (Å²) in [5.41, 5.74) is 0.759. The fourth-order valence-corrected chi connectivity index (χ4v) is 8.71. The van der Waals surface area contributed by atoms with E-state index in [1.165, 1.54) is 16.9 Å². The number of carbonyl (C=O) groups is 3. The van der Waals surface area contributed by atoms with E-state index in [4.69, 9.17) is 5.11 Å². The van der Waals surface area contributed by atoms with Crippen LogP contribution in [0.5, 0.6) is 0 Å². The molecule has 4 aliphatic carbocycles. The van der Waals surface area contributed by atoms with Gasteiger partial charge in [-0.2, -0.15) is 0 Å². The van der Waals surface area contributed by atoms with Crippen LogP contribution in [0.2, 0.25) is 0 Å². The summed E-state index contributed by atoms with van der Waals surface area (Å²) < 4.78 is 0. The first-order chi connectivity index (χ1) is 16.1. The highest BCUT2D eigenvalue weighted by molar-refractivity contribution is 7.13. The fraction of sp³-hybridized carbons (Fsp3) is 0.692. The quantitative estimate of drug-likeness (QED) is 0.557. The number of hydrogen-bond acceptors (Lipinski definition) is 6. The van der Waals surface area contributed by atoms with Gasteiger partial charge in [-0.15, -0.1) is 11.3 Å². The van der Waals surface area contributed by atoms with Gasteiger partial charge in [-0.3, -0.25) is 14.4 Å². The first-order valence-corrected chi connectivity index (χ1v) is 13.4. The lowest BCUT2D eigenvalue weighted by Crippen LogP contribution is -2.53. The lowest BCUT2D eigenvalue weighted by Gasteiger charge is -2.59. The summed E-state index contributed by atoms with van der Waals surface area (Å²) in [5.74, 6) is 0.386. The molecule has 0 radical (unpaired) electrons. The van der Waals surface area contributed by atoms with Crippen molar-refractivity contribution < 1.29 is 24.6 Å². The summed E-state index contributed by atoms with van der Waals surface area (Å²) in [6.07, 6.45) is 8.85. The Labute approximate surface area is 204 Å². The second-order valence-electron chi connectivity index (χ2n) is 11.3. The molecule has 1 heterocycles. The van der Waals surface area contributed by atoms with Crippen molar-refractivity contribution in [2.45, 2.75) is 83.7 Å². The first-order valence-electron chi connectivity index (χ1n) is 12.5. The largest absolute Gasteiger partial charge is 0.481 e. The van der Waals surface area contributed by atoms with Gasteiger partial charge in [0.05, 0.1) is 12.1 Å². The molecule has 6 atom stereocenters. The van der Waals surface area contributed by atoms with Gasteiger partial charge in [-0.05, 0) is 74.2 Å². The molecule has 0 spiro atoms. The molecule has 1 amide bonds. The zero-order valence-corrected chi connectivity index (χ0v) is 20.7. The molecule has 3 fully saturated rings. The maximum absolute atomic E-state index is 12.1. The monoisotopic (exact) mass is 486 g/mol. The van der Waals surface area contributed by atoms with Crippen LogP contribution in [0.15, 0.2) is 17.0 Å². The molecule has 3 N–H and O–H groups in total. The third-order valence-corrected chi connectivity index (χ3v) is 10.6. The van der Waals surface area contributed by atoms with Gasteiger partial charge in [-0.25, -0.2) is 4.98 Å². The molecule has 0 aromatic carbocycles. The van der Waals surface area contributed by atoms with E-state index in [2.05, 4.69) is 24.1 Å². The van der Waals surface area contributed by atoms with Crippen molar-refractivity contribution in [3.05, 3.63) is 22.7 Å². The predicted molar refractivity (Wildman–Crippen MR) is 128 cm³/mol. The van der Waals surface area contributed by atoms with E-state index >= 15 is 0 Å². The van der Waals surface area contributed by atoms with Crippen molar-refractivity contribution in [2.75, 3.05) is 5.32 Å². The highest BCUT2D eigenvalue weighted by Crippen LogP contribution is 2.69. The summed E-state index contributed by atoms with van der Waals surface area (Å²) in [6, 6.07) is 0. The van der Waals surface area contributed by atoms with E-state index in [0.717, 1.165) is 38.5 Å². The number of ketones is 1. The number of carboxylic acid groups (broad SMARTS) is 1. The Kier molecular flexibility index (Phi) is 5.75. The number of rotatable bonds is 5. The van der Waals surface area contributed by atoms with Crippen LogP contribution in [0.3, 0.4) is 0 Å². The van der Waals surface area contributed by atoms with Crippen LogP contribution < -0.4 is 5.32 Å². The molecule has 8 heteroatoms. The van der Waals surface area contributed by atoms with E-state index in [1.54, 1.807) is 0 Å². The summed E-state index contributed by atoms with van der Waals surface area (Å²) in [5, 5.41) is 25.8. The number of aromatic nitrogens is 1. The average Bonchev–Trinajstić information content (AvgIpc) is 3.36. The second-order valence-corrected chi connectivity index (χ2v) is 12.2. The minimum atomic E-state index is -1.04. The molecular formula is C26H34N2O5S. The molecule has 3 saturated carbocycles. The molecule has 1 aromatic rings. The molecule has 0 aliphatic heterocycles. The number of aliphatic hydroxyl groups is 1. The maximum Gasteiger partial charge on any atom is 0.303 e. The van der Waals surface area contributed by atoms with E-state index < -0.39 is 11.6 Å². The third kappa shape index (κ3) is 3.56. The molecule has 34 heavy (non-hydrogen) atoms. The maximum atomic E-state index is 12.1. The average molecular weight is 487 g/mol. The van der Waals surface area contributed by atoms with Crippen molar-refractivity contribution in [1.82, 2.24) is 4.98 Å². The number of anilines is 1. The van der Waals surface area contributed by atoms with Crippen LogP contribution in [0.25, 0.3) is 0 Å². The lowest BCUT2D eigenvalue weighted by atomic mass is 9.46. The van der Waals surface area contributed by atoms with Crippen molar-refractivity contribution in [3.8, 4) is 0 Å². The third-order valence-electron chi connectivity index (χ3n) is 9.85. The number of hydrogen-bond donors (Lipinski definition) is 3. The minimum Gasteiger partial charge on any atom is -0.481 e. The van der Waals surface area contributed by atoms with Crippen LogP contribution in [0.1, 0.15) is 83.7 Å². The van der Waals surface area contributed by atoms with Crippen LogP contribution in [-0.4, -0.2) is 32.9 Å². The number of nitrogens with zero attached hydrogens (tertiary/aromatic N) is 1. The molecule has 0 unspecified atom stereocenters. The summed E-state index contributed by atoms with van der Waals surface area (Å²) in [4.78, 5) is 39.4. The van der Waals surface area contributed by atoms with Gasteiger partial charge in [0.25, 0.3) is 0 Å². The Bertz CT molecular complexity index is 1070. The molecule has 4 aliphatic rings. The SMILES string of the molecule is C[C@]12CCC(=O)C=C1CC[C@@H]1[C@@H]2CC[C@@]2(C)[C@H]1CC[C@]2(O)c1csc(NC(=O)CCC(=O)O)n1.